The van der Waals surface area contributed by atoms with Crippen molar-refractivity contribution in [2.45, 2.75) is 46.5 Å². The lowest BCUT2D eigenvalue weighted by atomic mass is 9.96. The van der Waals surface area contributed by atoms with Crippen molar-refractivity contribution in [3.63, 3.8) is 0 Å². The molecule has 0 aromatic heterocycles. The van der Waals surface area contributed by atoms with E-state index in [-0.39, 0.29) is 0 Å². The van der Waals surface area contributed by atoms with Crippen LogP contribution in [-0.2, 0) is 12.8 Å². The minimum Gasteiger partial charge on any atom is -0.388 e. The molecule has 1 N–H and O–H groups in total. The van der Waals surface area contributed by atoms with Gasteiger partial charge in [-0.15, -0.1) is 0 Å². The van der Waals surface area contributed by atoms with E-state index in [2.05, 4.69) is 38.2 Å². The normalized spacial score (nSPS) is 10.4. The maximum Gasteiger partial charge on any atom is 0.0370 e. The van der Waals surface area contributed by atoms with Gasteiger partial charge in [-0.25, -0.2) is 0 Å². The van der Waals surface area contributed by atoms with Crippen LogP contribution in [-0.4, -0.2) is 7.05 Å². The SMILES string of the molecule is CCCc1cc(C)c(NC)cc1CCC. The Labute approximate surface area is 93.9 Å². The number of nitrogens with one attached hydrogen (secondary N) is 1. The van der Waals surface area contributed by atoms with Gasteiger partial charge in [-0.05, 0) is 42.5 Å². The van der Waals surface area contributed by atoms with Gasteiger partial charge >= 0.3 is 0 Å². The first kappa shape index (κ1) is 12.1. The molecule has 0 aliphatic carbocycles. The van der Waals surface area contributed by atoms with E-state index in [1.54, 1.807) is 0 Å². The summed E-state index contributed by atoms with van der Waals surface area (Å²) < 4.78 is 0. The second-order valence-corrected chi connectivity index (χ2v) is 4.19. The molecule has 1 rings (SSSR count). The molecule has 1 nitrogen and oxygen atoms in total. The summed E-state index contributed by atoms with van der Waals surface area (Å²) >= 11 is 0. The van der Waals surface area contributed by atoms with Crippen molar-refractivity contribution in [1.29, 1.82) is 0 Å². The molecular weight excluding hydrogens is 182 g/mol. The Kier molecular flexibility index (Phi) is 4.67. The van der Waals surface area contributed by atoms with Gasteiger partial charge in [0.2, 0.25) is 0 Å². The Morgan fingerprint density at radius 2 is 1.53 bits per heavy atom. The molecule has 84 valence electrons. The zero-order valence-corrected chi connectivity index (χ0v) is 10.5. The molecule has 0 aliphatic heterocycles. The number of aryl methyl sites for hydroxylation is 3. The van der Waals surface area contributed by atoms with Crippen molar-refractivity contribution in [3.05, 3.63) is 28.8 Å². The fourth-order valence-electron chi connectivity index (χ4n) is 2.09. The van der Waals surface area contributed by atoms with Crippen LogP contribution in [0.15, 0.2) is 12.1 Å². The first-order valence-corrected chi connectivity index (χ1v) is 6.03. The molecule has 0 bridgehead atoms. The van der Waals surface area contributed by atoms with Crippen molar-refractivity contribution in [1.82, 2.24) is 0 Å². The Hall–Kier alpha value is -0.980. The van der Waals surface area contributed by atoms with E-state index in [4.69, 9.17) is 0 Å². The Balaban J connectivity index is 3.07. The average Bonchev–Trinajstić information content (AvgIpc) is 2.22. The second-order valence-electron chi connectivity index (χ2n) is 4.19. The monoisotopic (exact) mass is 205 g/mol. The van der Waals surface area contributed by atoms with Crippen molar-refractivity contribution < 1.29 is 0 Å². The van der Waals surface area contributed by atoms with E-state index in [1.807, 2.05) is 7.05 Å². The molecule has 0 atom stereocenters. The smallest absolute Gasteiger partial charge is 0.0370 e. The van der Waals surface area contributed by atoms with E-state index < -0.39 is 0 Å². The molecule has 0 saturated heterocycles. The van der Waals surface area contributed by atoms with Crippen LogP contribution < -0.4 is 5.32 Å². The van der Waals surface area contributed by atoms with Crippen LogP contribution in [0.3, 0.4) is 0 Å². The number of benzene rings is 1. The van der Waals surface area contributed by atoms with E-state index in [1.165, 1.54) is 48.1 Å². The number of anilines is 1. The van der Waals surface area contributed by atoms with Crippen LogP contribution in [0.1, 0.15) is 43.4 Å². The fraction of sp³-hybridized carbons (Fsp3) is 0.571. The largest absolute Gasteiger partial charge is 0.388 e. The van der Waals surface area contributed by atoms with E-state index in [0.717, 1.165) is 0 Å². The molecule has 1 heteroatoms. The number of hydrogen-bond donors (Lipinski definition) is 1. The highest BCUT2D eigenvalue weighted by Gasteiger charge is 2.05. The lowest BCUT2D eigenvalue weighted by Gasteiger charge is -2.13. The summed E-state index contributed by atoms with van der Waals surface area (Å²) in [6.45, 7) is 6.67. The van der Waals surface area contributed by atoms with E-state index >= 15 is 0 Å². The minimum absolute atomic E-state index is 1.20. The summed E-state index contributed by atoms with van der Waals surface area (Å²) in [7, 11) is 2.00. The van der Waals surface area contributed by atoms with Gasteiger partial charge in [0, 0.05) is 12.7 Å². The molecule has 1 aromatic carbocycles. The molecule has 0 amide bonds. The third kappa shape index (κ3) is 2.98. The van der Waals surface area contributed by atoms with Gasteiger partial charge < -0.3 is 5.32 Å². The summed E-state index contributed by atoms with van der Waals surface area (Å²) in [5, 5.41) is 3.26. The molecule has 0 aliphatic rings. The number of rotatable bonds is 5. The molecule has 1 aromatic rings. The second kappa shape index (κ2) is 5.79. The molecule has 0 fully saturated rings. The summed E-state index contributed by atoms with van der Waals surface area (Å²) in [4.78, 5) is 0. The maximum atomic E-state index is 3.26. The van der Waals surface area contributed by atoms with Crippen molar-refractivity contribution >= 4 is 5.69 Å². The third-order valence-corrected chi connectivity index (χ3v) is 2.85. The van der Waals surface area contributed by atoms with Gasteiger partial charge in [0.25, 0.3) is 0 Å². The zero-order valence-electron chi connectivity index (χ0n) is 10.5. The molecule has 15 heavy (non-hydrogen) atoms. The summed E-state index contributed by atoms with van der Waals surface area (Å²) in [5.74, 6) is 0. The van der Waals surface area contributed by atoms with Crippen molar-refractivity contribution in [2.24, 2.45) is 0 Å². The van der Waals surface area contributed by atoms with E-state index in [9.17, 15) is 0 Å². The van der Waals surface area contributed by atoms with Gasteiger partial charge in [-0.1, -0.05) is 32.8 Å². The summed E-state index contributed by atoms with van der Waals surface area (Å²) in [6, 6.07) is 4.67. The average molecular weight is 205 g/mol. The quantitative estimate of drug-likeness (QED) is 0.767. The molecular formula is C14H23N. The van der Waals surface area contributed by atoms with E-state index in [0.29, 0.717) is 0 Å². The Bertz CT molecular complexity index is 315. The highest BCUT2D eigenvalue weighted by Crippen LogP contribution is 2.23. The first-order valence-electron chi connectivity index (χ1n) is 6.03. The third-order valence-electron chi connectivity index (χ3n) is 2.85. The zero-order chi connectivity index (χ0) is 11.3. The lowest BCUT2D eigenvalue weighted by molar-refractivity contribution is 0.860. The lowest BCUT2D eigenvalue weighted by Crippen LogP contribution is -1.99. The minimum atomic E-state index is 1.20. The van der Waals surface area contributed by atoms with Crippen molar-refractivity contribution in [3.8, 4) is 0 Å². The molecule has 0 heterocycles. The summed E-state index contributed by atoms with van der Waals surface area (Å²) in [6.07, 6.45) is 4.86. The maximum absolute atomic E-state index is 3.26. The van der Waals surface area contributed by atoms with Crippen LogP contribution in [0.25, 0.3) is 0 Å². The van der Waals surface area contributed by atoms with Gasteiger partial charge in [-0.3, -0.25) is 0 Å². The molecule has 0 unspecified atom stereocenters. The van der Waals surface area contributed by atoms with Crippen LogP contribution in [0.4, 0.5) is 5.69 Å². The van der Waals surface area contributed by atoms with Gasteiger partial charge in [0.15, 0.2) is 0 Å². The first-order chi connectivity index (χ1) is 7.22. The topological polar surface area (TPSA) is 12.0 Å². The van der Waals surface area contributed by atoms with Crippen molar-refractivity contribution in [2.75, 3.05) is 12.4 Å². The fourth-order valence-corrected chi connectivity index (χ4v) is 2.09. The Morgan fingerprint density at radius 1 is 1.00 bits per heavy atom. The van der Waals surface area contributed by atoms with Crippen LogP contribution in [0.5, 0.6) is 0 Å². The summed E-state index contributed by atoms with van der Waals surface area (Å²) in [5.41, 5.74) is 5.70. The molecule has 0 saturated carbocycles. The van der Waals surface area contributed by atoms with Crippen LogP contribution >= 0.6 is 0 Å². The highest BCUT2D eigenvalue weighted by atomic mass is 14.8. The van der Waals surface area contributed by atoms with Crippen LogP contribution in [0, 0.1) is 6.92 Å². The van der Waals surface area contributed by atoms with Gasteiger partial charge in [0.05, 0.1) is 0 Å². The predicted molar refractivity (Wildman–Crippen MR) is 68.7 cm³/mol. The van der Waals surface area contributed by atoms with Gasteiger partial charge in [-0.2, -0.15) is 0 Å². The Morgan fingerprint density at radius 3 is 2.00 bits per heavy atom. The van der Waals surface area contributed by atoms with Gasteiger partial charge in [0.1, 0.15) is 0 Å². The molecule has 0 spiro atoms. The highest BCUT2D eigenvalue weighted by molar-refractivity contribution is 5.55. The predicted octanol–water partition coefficient (Wildman–Crippen LogP) is 3.94. The number of hydrogen-bond acceptors (Lipinski definition) is 1. The molecule has 0 radical (unpaired) electrons. The standard InChI is InChI=1S/C14H23N/c1-5-7-12-9-11(3)14(15-4)10-13(12)8-6-2/h9-10,15H,5-8H2,1-4H3. The van der Waals surface area contributed by atoms with Crippen LogP contribution in [0.2, 0.25) is 0 Å².